The summed E-state index contributed by atoms with van der Waals surface area (Å²) in [7, 11) is -2.69. The van der Waals surface area contributed by atoms with Gasteiger partial charge in [0.25, 0.3) is 0 Å². The van der Waals surface area contributed by atoms with E-state index < -0.39 is 9.84 Å². The summed E-state index contributed by atoms with van der Waals surface area (Å²) in [5.74, 6) is 1.88. The molecule has 1 aliphatic heterocycles. The normalized spacial score (nSPS) is 33.1. The average molecular weight is 204 g/mol. The maximum atomic E-state index is 11.3. The summed E-state index contributed by atoms with van der Waals surface area (Å²) in [6, 6.07) is 0. The van der Waals surface area contributed by atoms with Crippen LogP contribution in [-0.2, 0) is 9.84 Å². The van der Waals surface area contributed by atoms with Gasteiger partial charge in [-0.05, 0) is 18.3 Å². The van der Waals surface area contributed by atoms with Crippen molar-refractivity contribution in [3.8, 4) is 0 Å². The van der Waals surface area contributed by atoms with E-state index in [0.29, 0.717) is 23.3 Å². The molecule has 0 radical (unpaired) electrons. The van der Waals surface area contributed by atoms with Crippen LogP contribution in [0.1, 0.15) is 39.5 Å². The third-order valence-corrected chi connectivity index (χ3v) is 4.94. The van der Waals surface area contributed by atoms with Gasteiger partial charge in [0.15, 0.2) is 9.84 Å². The van der Waals surface area contributed by atoms with E-state index in [4.69, 9.17) is 0 Å². The van der Waals surface area contributed by atoms with Crippen molar-refractivity contribution in [2.45, 2.75) is 39.5 Å². The molecular weight excluding hydrogens is 184 g/mol. The summed E-state index contributed by atoms with van der Waals surface area (Å²) in [6.45, 7) is 4.27. The number of rotatable bonds is 3. The van der Waals surface area contributed by atoms with Crippen LogP contribution in [0.15, 0.2) is 0 Å². The highest BCUT2D eigenvalue weighted by atomic mass is 32.2. The van der Waals surface area contributed by atoms with E-state index in [2.05, 4.69) is 13.8 Å². The monoisotopic (exact) mass is 204 g/mol. The van der Waals surface area contributed by atoms with Crippen LogP contribution >= 0.6 is 0 Å². The van der Waals surface area contributed by atoms with Gasteiger partial charge >= 0.3 is 0 Å². The molecule has 2 atom stereocenters. The van der Waals surface area contributed by atoms with Crippen molar-refractivity contribution in [3.05, 3.63) is 0 Å². The molecule has 1 fully saturated rings. The second-order valence-electron chi connectivity index (χ2n) is 4.28. The Morgan fingerprint density at radius 1 is 1.38 bits per heavy atom. The molecule has 1 saturated heterocycles. The molecule has 0 aromatic rings. The van der Waals surface area contributed by atoms with Crippen LogP contribution in [0.25, 0.3) is 0 Å². The molecule has 0 bridgehead atoms. The van der Waals surface area contributed by atoms with E-state index in [-0.39, 0.29) is 0 Å². The van der Waals surface area contributed by atoms with E-state index >= 15 is 0 Å². The minimum absolute atomic E-state index is 0.380. The molecule has 0 aromatic heterocycles. The topological polar surface area (TPSA) is 34.1 Å². The van der Waals surface area contributed by atoms with Crippen molar-refractivity contribution in [1.82, 2.24) is 0 Å². The molecule has 78 valence electrons. The molecule has 3 heteroatoms. The third-order valence-electron chi connectivity index (χ3n) is 3.05. The second-order valence-corrected chi connectivity index (χ2v) is 6.51. The SMILES string of the molecule is CCCCC1CCS(=O)(=O)CC1C. The highest BCUT2D eigenvalue weighted by Crippen LogP contribution is 2.28. The van der Waals surface area contributed by atoms with Crippen LogP contribution in [0.3, 0.4) is 0 Å². The van der Waals surface area contributed by atoms with Crippen LogP contribution in [0, 0.1) is 11.8 Å². The predicted octanol–water partition coefficient (Wildman–Crippen LogP) is 2.25. The molecule has 2 unspecified atom stereocenters. The average Bonchev–Trinajstić information content (AvgIpc) is 2.02. The number of hydrogen-bond acceptors (Lipinski definition) is 2. The molecule has 0 N–H and O–H groups in total. The Morgan fingerprint density at radius 2 is 2.08 bits per heavy atom. The predicted molar refractivity (Wildman–Crippen MR) is 55.4 cm³/mol. The highest BCUT2D eigenvalue weighted by Gasteiger charge is 2.29. The molecule has 13 heavy (non-hydrogen) atoms. The Bertz CT molecular complexity index is 244. The minimum atomic E-state index is -2.69. The molecule has 1 rings (SSSR count). The fourth-order valence-electron chi connectivity index (χ4n) is 2.13. The van der Waals surface area contributed by atoms with Crippen molar-refractivity contribution in [3.63, 3.8) is 0 Å². The molecular formula is C10H20O2S. The van der Waals surface area contributed by atoms with Crippen molar-refractivity contribution >= 4 is 9.84 Å². The molecule has 0 aromatic carbocycles. The van der Waals surface area contributed by atoms with Gasteiger partial charge < -0.3 is 0 Å². The summed E-state index contributed by atoms with van der Waals surface area (Å²) < 4.78 is 22.6. The minimum Gasteiger partial charge on any atom is -0.229 e. The number of unbranched alkanes of at least 4 members (excludes halogenated alkanes) is 1. The molecule has 0 amide bonds. The first-order chi connectivity index (χ1) is 6.05. The standard InChI is InChI=1S/C10H20O2S/c1-3-4-5-10-6-7-13(11,12)8-9(10)2/h9-10H,3-8H2,1-2H3. The van der Waals surface area contributed by atoms with Gasteiger partial charge in [-0.25, -0.2) is 8.42 Å². The van der Waals surface area contributed by atoms with Crippen molar-refractivity contribution < 1.29 is 8.42 Å². The Morgan fingerprint density at radius 3 is 2.62 bits per heavy atom. The van der Waals surface area contributed by atoms with Crippen LogP contribution in [0.4, 0.5) is 0 Å². The molecule has 2 nitrogen and oxygen atoms in total. The third kappa shape index (κ3) is 3.29. The van der Waals surface area contributed by atoms with Gasteiger partial charge in [0.05, 0.1) is 11.5 Å². The second kappa shape index (κ2) is 4.45. The zero-order chi connectivity index (χ0) is 9.90. The van der Waals surface area contributed by atoms with E-state index in [1.807, 2.05) is 0 Å². The molecule has 1 aliphatic rings. The highest BCUT2D eigenvalue weighted by molar-refractivity contribution is 7.91. The lowest BCUT2D eigenvalue weighted by molar-refractivity contribution is 0.327. The number of sulfone groups is 1. The van der Waals surface area contributed by atoms with Gasteiger partial charge in [0, 0.05) is 0 Å². The van der Waals surface area contributed by atoms with Gasteiger partial charge in [-0.1, -0.05) is 33.1 Å². The lowest BCUT2D eigenvalue weighted by Crippen LogP contribution is -2.30. The Kier molecular flexibility index (Phi) is 3.77. The van der Waals surface area contributed by atoms with Gasteiger partial charge in [0.2, 0.25) is 0 Å². The van der Waals surface area contributed by atoms with Crippen LogP contribution < -0.4 is 0 Å². The van der Waals surface area contributed by atoms with Crippen LogP contribution in [-0.4, -0.2) is 19.9 Å². The van der Waals surface area contributed by atoms with Gasteiger partial charge in [0.1, 0.15) is 0 Å². The fraction of sp³-hybridized carbons (Fsp3) is 1.00. The van der Waals surface area contributed by atoms with Gasteiger partial charge in [-0.15, -0.1) is 0 Å². The Labute approximate surface area is 81.6 Å². The fourth-order valence-corrected chi connectivity index (χ4v) is 4.03. The quantitative estimate of drug-likeness (QED) is 0.706. The van der Waals surface area contributed by atoms with Crippen molar-refractivity contribution in [2.24, 2.45) is 11.8 Å². The Hall–Kier alpha value is -0.0500. The van der Waals surface area contributed by atoms with E-state index in [1.54, 1.807) is 0 Å². The summed E-state index contributed by atoms with van der Waals surface area (Å²) in [6.07, 6.45) is 4.57. The molecule has 0 spiro atoms. The summed E-state index contributed by atoms with van der Waals surface area (Å²) in [4.78, 5) is 0. The van der Waals surface area contributed by atoms with E-state index in [0.717, 1.165) is 6.42 Å². The zero-order valence-corrected chi connectivity index (χ0v) is 9.44. The van der Waals surface area contributed by atoms with Gasteiger partial charge in [-0.2, -0.15) is 0 Å². The van der Waals surface area contributed by atoms with E-state index in [1.165, 1.54) is 19.3 Å². The van der Waals surface area contributed by atoms with Crippen molar-refractivity contribution in [2.75, 3.05) is 11.5 Å². The van der Waals surface area contributed by atoms with Crippen LogP contribution in [0.5, 0.6) is 0 Å². The van der Waals surface area contributed by atoms with Crippen molar-refractivity contribution in [1.29, 1.82) is 0 Å². The first-order valence-corrected chi connectivity index (χ1v) is 7.07. The van der Waals surface area contributed by atoms with Gasteiger partial charge in [-0.3, -0.25) is 0 Å². The first kappa shape index (κ1) is 11.0. The van der Waals surface area contributed by atoms with Crippen LogP contribution in [0.2, 0.25) is 0 Å². The summed E-state index contributed by atoms with van der Waals surface area (Å²) in [5.41, 5.74) is 0. The first-order valence-electron chi connectivity index (χ1n) is 5.25. The summed E-state index contributed by atoms with van der Waals surface area (Å²) >= 11 is 0. The Balaban J connectivity index is 2.44. The largest absolute Gasteiger partial charge is 0.229 e. The summed E-state index contributed by atoms with van der Waals surface area (Å²) in [5, 5.41) is 0. The zero-order valence-electron chi connectivity index (χ0n) is 8.62. The smallest absolute Gasteiger partial charge is 0.150 e. The maximum Gasteiger partial charge on any atom is 0.150 e. The number of hydrogen-bond donors (Lipinski definition) is 0. The molecule has 0 aliphatic carbocycles. The molecule has 1 heterocycles. The lowest BCUT2D eigenvalue weighted by Gasteiger charge is -2.28. The van der Waals surface area contributed by atoms with E-state index in [9.17, 15) is 8.42 Å². The maximum absolute atomic E-state index is 11.3. The molecule has 0 saturated carbocycles. The lowest BCUT2D eigenvalue weighted by atomic mass is 9.88.